The molecular weight excluding hydrogens is 368 g/mol. The van der Waals surface area contributed by atoms with Gasteiger partial charge in [0.2, 0.25) is 0 Å². The number of aromatic amines is 2. The zero-order valence-electron chi connectivity index (χ0n) is 17.0. The van der Waals surface area contributed by atoms with Gasteiger partial charge in [-0.2, -0.15) is 5.10 Å². The average molecular weight is 392 g/mol. The Labute approximate surface area is 168 Å². The third-order valence-electron chi connectivity index (χ3n) is 4.85. The van der Waals surface area contributed by atoms with Gasteiger partial charge in [0, 0.05) is 24.5 Å². The monoisotopic (exact) mass is 392 g/mol. The fourth-order valence-corrected chi connectivity index (χ4v) is 3.44. The highest BCUT2D eigenvalue weighted by molar-refractivity contribution is 5.80. The third-order valence-corrected chi connectivity index (χ3v) is 4.85. The Bertz CT molecular complexity index is 1230. The molecule has 3 heterocycles. The van der Waals surface area contributed by atoms with Crippen molar-refractivity contribution in [1.82, 2.24) is 29.7 Å². The van der Waals surface area contributed by atoms with E-state index in [1.807, 2.05) is 32.0 Å². The number of aryl methyl sites for hydroxylation is 2. The van der Waals surface area contributed by atoms with Crippen LogP contribution in [0.2, 0.25) is 0 Å². The third kappa shape index (κ3) is 3.30. The summed E-state index contributed by atoms with van der Waals surface area (Å²) in [5, 5.41) is 7.16. The van der Waals surface area contributed by atoms with Crippen LogP contribution in [0.5, 0.6) is 5.75 Å². The van der Waals surface area contributed by atoms with Crippen LogP contribution in [0.15, 0.2) is 29.2 Å². The lowest BCUT2D eigenvalue weighted by atomic mass is 10.1. The van der Waals surface area contributed by atoms with E-state index in [2.05, 4.69) is 27.1 Å². The van der Waals surface area contributed by atoms with Gasteiger partial charge in [-0.15, -0.1) is 0 Å². The molecule has 0 aliphatic rings. The van der Waals surface area contributed by atoms with Gasteiger partial charge >= 0.3 is 0 Å². The summed E-state index contributed by atoms with van der Waals surface area (Å²) in [7, 11) is 1.71. The summed E-state index contributed by atoms with van der Waals surface area (Å²) < 4.78 is 7.37. The normalized spacial score (nSPS) is 11.3. The molecule has 0 aliphatic heterocycles. The van der Waals surface area contributed by atoms with E-state index in [-0.39, 0.29) is 5.56 Å². The average Bonchev–Trinajstić information content (AvgIpc) is 3.32. The fourth-order valence-electron chi connectivity index (χ4n) is 3.44. The second kappa shape index (κ2) is 7.54. The zero-order valence-corrected chi connectivity index (χ0v) is 17.0. The van der Waals surface area contributed by atoms with E-state index >= 15 is 0 Å². The minimum Gasteiger partial charge on any atom is -0.493 e. The van der Waals surface area contributed by atoms with Crippen molar-refractivity contribution in [1.29, 1.82) is 0 Å². The number of hydrogen-bond acceptors (Lipinski definition) is 5. The van der Waals surface area contributed by atoms with Crippen molar-refractivity contribution < 1.29 is 4.74 Å². The number of aromatic nitrogens is 6. The molecule has 150 valence electrons. The number of nitrogens with zero attached hydrogens (tertiary/aromatic N) is 4. The summed E-state index contributed by atoms with van der Waals surface area (Å²) in [6.45, 7) is 6.48. The van der Waals surface area contributed by atoms with Crippen LogP contribution in [0.1, 0.15) is 31.7 Å². The van der Waals surface area contributed by atoms with E-state index in [0.29, 0.717) is 29.2 Å². The number of fused-ring (bicyclic) bond motifs is 1. The first-order chi connectivity index (χ1) is 14.0. The quantitative estimate of drug-likeness (QED) is 0.524. The van der Waals surface area contributed by atoms with E-state index < -0.39 is 0 Å². The van der Waals surface area contributed by atoms with Crippen LogP contribution in [0.4, 0.5) is 0 Å². The Balaban J connectivity index is 1.96. The van der Waals surface area contributed by atoms with Gasteiger partial charge in [0.15, 0.2) is 5.52 Å². The van der Waals surface area contributed by atoms with Crippen molar-refractivity contribution in [2.75, 3.05) is 6.61 Å². The zero-order chi connectivity index (χ0) is 20.5. The maximum absolute atomic E-state index is 12.9. The topological polar surface area (TPSA) is 101 Å². The first-order valence-electron chi connectivity index (χ1n) is 9.76. The van der Waals surface area contributed by atoms with Gasteiger partial charge in [0.25, 0.3) is 5.56 Å². The number of ether oxygens (including phenoxy) is 1. The molecule has 0 saturated carbocycles. The van der Waals surface area contributed by atoms with E-state index in [0.717, 1.165) is 41.2 Å². The highest BCUT2D eigenvalue weighted by atomic mass is 16.5. The van der Waals surface area contributed by atoms with Crippen LogP contribution in [-0.4, -0.2) is 36.3 Å². The molecule has 0 saturated heterocycles. The molecule has 0 radical (unpaired) electrons. The maximum Gasteiger partial charge on any atom is 0.281 e. The highest BCUT2D eigenvalue weighted by Crippen LogP contribution is 2.33. The lowest BCUT2D eigenvalue weighted by Gasteiger charge is -2.14. The van der Waals surface area contributed by atoms with E-state index in [9.17, 15) is 4.79 Å². The predicted molar refractivity (Wildman–Crippen MR) is 112 cm³/mol. The maximum atomic E-state index is 12.9. The highest BCUT2D eigenvalue weighted by Gasteiger charge is 2.19. The summed E-state index contributed by atoms with van der Waals surface area (Å²) in [6, 6.07) is 5.80. The van der Waals surface area contributed by atoms with Crippen molar-refractivity contribution in [3.63, 3.8) is 0 Å². The molecule has 1 aromatic carbocycles. The molecule has 0 atom stereocenters. The van der Waals surface area contributed by atoms with Crippen molar-refractivity contribution in [2.24, 2.45) is 7.05 Å². The van der Waals surface area contributed by atoms with E-state index in [1.165, 1.54) is 4.57 Å². The number of imidazole rings is 1. The fraction of sp³-hybridized carbons (Fsp3) is 0.333. The Morgan fingerprint density at radius 2 is 2.03 bits per heavy atom. The van der Waals surface area contributed by atoms with E-state index in [4.69, 9.17) is 9.72 Å². The number of hydrogen-bond donors (Lipinski definition) is 2. The lowest BCUT2D eigenvalue weighted by molar-refractivity contribution is 0.341. The van der Waals surface area contributed by atoms with Crippen LogP contribution in [0.3, 0.4) is 0 Å². The molecule has 4 aromatic rings. The molecule has 0 bridgehead atoms. The minimum atomic E-state index is -0.190. The summed E-state index contributed by atoms with van der Waals surface area (Å²) in [5.74, 6) is 1.96. The second-order valence-electron chi connectivity index (χ2n) is 7.01. The molecule has 0 aliphatic carbocycles. The first kappa shape index (κ1) is 18.9. The summed E-state index contributed by atoms with van der Waals surface area (Å²) >= 11 is 0. The standard InChI is InChI=1S/C21H24N6O2/c1-5-7-15-17-18(26-25-15)21(28)27(4)20(24-17)14-10-13(8-9-16(14)29-6-2)19-22-11-12(3)23-19/h8-11H,5-7H2,1-4H3,(H,22,23)(H,25,26). The van der Waals surface area contributed by atoms with Gasteiger partial charge in [-0.25, -0.2) is 9.97 Å². The molecule has 0 amide bonds. The molecular formula is C21H24N6O2. The predicted octanol–water partition coefficient (Wildman–Crippen LogP) is 3.37. The summed E-state index contributed by atoms with van der Waals surface area (Å²) in [6.07, 6.45) is 3.50. The van der Waals surface area contributed by atoms with Crippen molar-refractivity contribution in [3.8, 4) is 28.5 Å². The SMILES string of the molecule is CCCc1[nH]nc2c(=O)n(C)c(-c3cc(-c4ncc(C)[nH]4)ccc3OCC)nc12. The van der Waals surface area contributed by atoms with Gasteiger partial charge in [-0.1, -0.05) is 13.3 Å². The number of benzene rings is 1. The van der Waals surface area contributed by atoms with Crippen molar-refractivity contribution in [3.05, 3.63) is 46.1 Å². The molecule has 8 nitrogen and oxygen atoms in total. The largest absolute Gasteiger partial charge is 0.493 e. The molecule has 4 rings (SSSR count). The summed E-state index contributed by atoms with van der Waals surface area (Å²) in [5.41, 5.74) is 4.27. The van der Waals surface area contributed by atoms with Gasteiger partial charge < -0.3 is 9.72 Å². The Morgan fingerprint density at radius 3 is 2.72 bits per heavy atom. The Kier molecular flexibility index (Phi) is 4.92. The Hall–Kier alpha value is -3.42. The molecule has 8 heteroatoms. The minimum absolute atomic E-state index is 0.190. The number of nitrogens with one attached hydrogen (secondary N) is 2. The van der Waals surface area contributed by atoms with Crippen molar-refractivity contribution >= 4 is 11.0 Å². The van der Waals surface area contributed by atoms with Gasteiger partial charge in [-0.05, 0) is 38.5 Å². The van der Waals surface area contributed by atoms with Crippen molar-refractivity contribution in [2.45, 2.75) is 33.6 Å². The van der Waals surface area contributed by atoms with Crippen LogP contribution >= 0.6 is 0 Å². The molecule has 0 spiro atoms. The molecule has 2 N–H and O–H groups in total. The molecule has 29 heavy (non-hydrogen) atoms. The Morgan fingerprint density at radius 1 is 1.21 bits per heavy atom. The lowest BCUT2D eigenvalue weighted by Crippen LogP contribution is -2.20. The van der Waals surface area contributed by atoms with Gasteiger partial charge in [0.1, 0.15) is 22.9 Å². The van der Waals surface area contributed by atoms with Gasteiger partial charge in [0.05, 0.1) is 17.9 Å². The van der Waals surface area contributed by atoms with E-state index in [1.54, 1.807) is 13.2 Å². The molecule has 0 unspecified atom stereocenters. The summed E-state index contributed by atoms with van der Waals surface area (Å²) in [4.78, 5) is 25.4. The van der Waals surface area contributed by atoms with Crippen LogP contribution < -0.4 is 10.3 Å². The molecule has 0 fully saturated rings. The first-order valence-corrected chi connectivity index (χ1v) is 9.76. The smallest absolute Gasteiger partial charge is 0.281 e. The van der Waals surface area contributed by atoms with Crippen LogP contribution in [-0.2, 0) is 13.5 Å². The number of rotatable bonds is 6. The van der Waals surface area contributed by atoms with Crippen LogP contribution in [0.25, 0.3) is 33.8 Å². The van der Waals surface area contributed by atoms with Crippen LogP contribution in [0, 0.1) is 6.92 Å². The van der Waals surface area contributed by atoms with Gasteiger partial charge in [-0.3, -0.25) is 14.5 Å². The molecule has 3 aromatic heterocycles. The second-order valence-corrected chi connectivity index (χ2v) is 7.01. The number of H-pyrrole nitrogens is 2.